The minimum atomic E-state index is -0.167. The van der Waals surface area contributed by atoms with Gasteiger partial charge in [0.15, 0.2) is 0 Å². The van der Waals surface area contributed by atoms with Crippen LogP contribution in [0.25, 0.3) is 5.69 Å². The first-order chi connectivity index (χ1) is 6.77. The van der Waals surface area contributed by atoms with Gasteiger partial charge < -0.3 is 0 Å². The van der Waals surface area contributed by atoms with E-state index in [1.54, 1.807) is 30.7 Å². The molecule has 0 saturated heterocycles. The number of rotatable bonds is 1. The van der Waals surface area contributed by atoms with Gasteiger partial charge >= 0.3 is 0 Å². The van der Waals surface area contributed by atoms with E-state index in [1.165, 1.54) is 10.8 Å². The van der Waals surface area contributed by atoms with Gasteiger partial charge in [-0.15, -0.1) is 0 Å². The zero-order valence-electron chi connectivity index (χ0n) is 7.09. The first-order valence-corrected chi connectivity index (χ1v) is 4.71. The fraction of sp³-hybridized carbons (Fsp3) is 0. The van der Waals surface area contributed by atoms with Crippen molar-refractivity contribution >= 4 is 15.9 Å². The molecule has 0 fully saturated rings. The van der Waals surface area contributed by atoms with E-state index in [2.05, 4.69) is 25.9 Å². The molecule has 70 valence electrons. The van der Waals surface area contributed by atoms with Crippen LogP contribution in [-0.4, -0.2) is 14.5 Å². The molecule has 0 spiro atoms. The third-order valence-electron chi connectivity index (χ3n) is 1.71. The Labute approximate surface area is 88.4 Å². The summed E-state index contributed by atoms with van der Waals surface area (Å²) in [5.74, 6) is 0. The van der Waals surface area contributed by atoms with Gasteiger partial charge in [-0.3, -0.25) is 14.3 Å². The number of aromatic nitrogens is 3. The summed E-state index contributed by atoms with van der Waals surface area (Å²) in [6, 6.07) is 3.52. The van der Waals surface area contributed by atoms with Gasteiger partial charge in [0.1, 0.15) is 4.60 Å². The van der Waals surface area contributed by atoms with Crippen molar-refractivity contribution in [3.8, 4) is 5.69 Å². The smallest absolute Gasteiger partial charge is 0.273 e. The van der Waals surface area contributed by atoms with Gasteiger partial charge in [0.05, 0.1) is 11.9 Å². The second-order valence-corrected chi connectivity index (χ2v) is 3.44. The average molecular weight is 252 g/mol. The average Bonchev–Trinajstić information content (AvgIpc) is 2.23. The van der Waals surface area contributed by atoms with Crippen LogP contribution < -0.4 is 5.56 Å². The lowest BCUT2D eigenvalue weighted by molar-refractivity contribution is 0.939. The highest BCUT2D eigenvalue weighted by molar-refractivity contribution is 9.10. The van der Waals surface area contributed by atoms with Crippen molar-refractivity contribution in [3.05, 3.63) is 51.9 Å². The Morgan fingerprint density at radius 2 is 2.00 bits per heavy atom. The summed E-state index contributed by atoms with van der Waals surface area (Å²) in [5.41, 5.74) is 0.604. The number of hydrogen-bond donors (Lipinski definition) is 0. The Morgan fingerprint density at radius 3 is 2.71 bits per heavy atom. The van der Waals surface area contributed by atoms with E-state index in [-0.39, 0.29) is 5.56 Å². The van der Waals surface area contributed by atoms with Crippen LogP contribution in [0.5, 0.6) is 0 Å². The lowest BCUT2D eigenvalue weighted by Gasteiger charge is -2.03. The molecule has 0 unspecified atom stereocenters. The third-order valence-corrected chi connectivity index (χ3v) is 2.12. The van der Waals surface area contributed by atoms with Crippen LogP contribution in [0.1, 0.15) is 0 Å². The van der Waals surface area contributed by atoms with Crippen LogP contribution in [-0.2, 0) is 0 Å². The van der Waals surface area contributed by atoms with Crippen molar-refractivity contribution in [2.75, 3.05) is 0 Å². The molecule has 0 aliphatic heterocycles. The Balaban J connectivity index is 2.63. The monoisotopic (exact) mass is 251 g/mol. The van der Waals surface area contributed by atoms with E-state index in [0.29, 0.717) is 4.60 Å². The first kappa shape index (κ1) is 9.08. The first-order valence-electron chi connectivity index (χ1n) is 3.92. The summed E-state index contributed by atoms with van der Waals surface area (Å²) in [7, 11) is 0. The summed E-state index contributed by atoms with van der Waals surface area (Å²) >= 11 is 3.21. The maximum absolute atomic E-state index is 11.4. The molecular formula is C9H6BrN3O. The van der Waals surface area contributed by atoms with Crippen molar-refractivity contribution < 1.29 is 0 Å². The molecule has 5 heteroatoms. The molecular weight excluding hydrogens is 246 g/mol. The predicted molar refractivity (Wildman–Crippen MR) is 55.3 cm³/mol. The van der Waals surface area contributed by atoms with Gasteiger partial charge in [-0.1, -0.05) is 0 Å². The fourth-order valence-corrected chi connectivity index (χ4v) is 1.40. The zero-order chi connectivity index (χ0) is 9.97. The standard InChI is InChI=1S/C9H6BrN3O/c10-8-6-13(9(14)5-12-8)7-1-3-11-4-2-7/h1-6H. The predicted octanol–water partition coefficient (Wildman–Crippen LogP) is 1.39. The van der Waals surface area contributed by atoms with Gasteiger partial charge in [-0.25, -0.2) is 4.98 Å². The van der Waals surface area contributed by atoms with Gasteiger partial charge in [0, 0.05) is 18.6 Å². The van der Waals surface area contributed by atoms with Crippen LogP contribution in [0.2, 0.25) is 0 Å². The maximum Gasteiger partial charge on any atom is 0.273 e. The number of pyridine rings is 1. The van der Waals surface area contributed by atoms with Crippen LogP contribution in [0.3, 0.4) is 0 Å². The molecule has 0 N–H and O–H groups in total. The molecule has 0 amide bonds. The lowest BCUT2D eigenvalue weighted by atomic mass is 10.4. The second kappa shape index (κ2) is 3.71. The van der Waals surface area contributed by atoms with Crippen molar-refractivity contribution in [2.24, 2.45) is 0 Å². The molecule has 4 nitrogen and oxygen atoms in total. The molecule has 2 heterocycles. The molecule has 0 aliphatic rings. The van der Waals surface area contributed by atoms with E-state index in [1.807, 2.05) is 0 Å². The Morgan fingerprint density at radius 1 is 1.29 bits per heavy atom. The van der Waals surface area contributed by atoms with Crippen LogP contribution in [0.15, 0.2) is 46.3 Å². The Kier molecular flexibility index (Phi) is 2.41. The maximum atomic E-state index is 11.4. The second-order valence-electron chi connectivity index (χ2n) is 2.62. The summed E-state index contributed by atoms with van der Waals surface area (Å²) in [6.45, 7) is 0. The van der Waals surface area contributed by atoms with Gasteiger partial charge in [0.25, 0.3) is 5.56 Å². The number of nitrogens with zero attached hydrogens (tertiary/aromatic N) is 3. The molecule has 0 aliphatic carbocycles. The Hall–Kier alpha value is -1.49. The van der Waals surface area contributed by atoms with E-state index in [4.69, 9.17) is 0 Å². The highest BCUT2D eigenvalue weighted by Gasteiger charge is 1.99. The summed E-state index contributed by atoms with van der Waals surface area (Å²) in [4.78, 5) is 19.1. The fourth-order valence-electron chi connectivity index (χ4n) is 1.09. The lowest BCUT2D eigenvalue weighted by Crippen LogP contribution is -2.17. The normalized spacial score (nSPS) is 10.1. The van der Waals surface area contributed by atoms with Gasteiger partial charge in [-0.05, 0) is 28.1 Å². The summed E-state index contributed by atoms with van der Waals surface area (Å²) in [6.07, 6.45) is 6.16. The molecule has 0 saturated carbocycles. The van der Waals surface area contributed by atoms with Crippen molar-refractivity contribution in [1.82, 2.24) is 14.5 Å². The molecule has 0 atom stereocenters. The van der Waals surface area contributed by atoms with E-state index >= 15 is 0 Å². The summed E-state index contributed by atoms with van der Waals surface area (Å²) in [5, 5.41) is 0. The van der Waals surface area contributed by atoms with Crippen LogP contribution >= 0.6 is 15.9 Å². The van der Waals surface area contributed by atoms with Gasteiger partial charge in [0.2, 0.25) is 0 Å². The highest BCUT2D eigenvalue weighted by Crippen LogP contribution is 2.06. The van der Waals surface area contributed by atoms with E-state index < -0.39 is 0 Å². The van der Waals surface area contributed by atoms with Crippen molar-refractivity contribution in [2.45, 2.75) is 0 Å². The molecule has 14 heavy (non-hydrogen) atoms. The van der Waals surface area contributed by atoms with Crippen LogP contribution in [0, 0.1) is 0 Å². The van der Waals surface area contributed by atoms with Crippen molar-refractivity contribution in [1.29, 1.82) is 0 Å². The van der Waals surface area contributed by atoms with Gasteiger partial charge in [-0.2, -0.15) is 0 Å². The largest absolute Gasteiger partial charge is 0.280 e. The third kappa shape index (κ3) is 1.72. The summed E-state index contributed by atoms with van der Waals surface area (Å²) < 4.78 is 2.12. The molecule has 0 aromatic carbocycles. The number of halogens is 1. The van der Waals surface area contributed by atoms with Crippen molar-refractivity contribution in [3.63, 3.8) is 0 Å². The SMILES string of the molecule is O=c1cnc(Br)cn1-c1ccncc1. The highest BCUT2D eigenvalue weighted by atomic mass is 79.9. The molecule has 2 aromatic rings. The minimum absolute atomic E-state index is 0.167. The van der Waals surface area contributed by atoms with E-state index in [0.717, 1.165) is 5.69 Å². The van der Waals surface area contributed by atoms with E-state index in [9.17, 15) is 4.79 Å². The number of hydrogen-bond acceptors (Lipinski definition) is 3. The molecule has 2 rings (SSSR count). The topological polar surface area (TPSA) is 47.8 Å². The molecule has 2 aromatic heterocycles. The molecule has 0 radical (unpaired) electrons. The zero-order valence-corrected chi connectivity index (χ0v) is 8.68. The minimum Gasteiger partial charge on any atom is -0.280 e. The Bertz CT molecular complexity index is 495. The molecule has 0 bridgehead atoms. The van der Waals surface area contributed by atoms with Crippen LogP contribution in [0.4, 0.5) is 0 Å². The quantitative estimate of drug-likeness (QED) is 0.770.